The smallest absolute Gasteiger partial charge is 0.251 e. The summed E-state index contributed by atoms with van der Waals surface area (Å²) in [5, 5.41) is 0.434. The second-order valence-electron chi connectivity index (χ2n) is 3.73. The van der Waals surface area contributed by atoms with Gasteiger partial charge in [-0.2, -0.15) is 0 Å². The standard InChI is InChI=1S/C13H12N2O3S/c1-8(16)12-9(18-2)4-3-5-10(12)19-13-14-7-6-11(17)15-13/h3-7H,1-2H3,(H,14,15,17). The van der Waals surface area contributed by atoms with Gasteiger partial charge in [0.2, 0.25) is 0 Å². The normalized spacial score (nSPS) is 10.2. The van der Waals surface area contributed by atoms with Crippen LogP contribution >= 0.6 is 11.8 Å². The molecule has 0 aliphatic heterocycles. The van der Waals surface area contributed by atoms with Crippen molar-refractivity contribution in [3.63, 3.8) is 0 Å². The fourth-order valence-electron chi connectivity index (χ4n) is 1.62. The van der Waals surface area contributed by atoms with Crippen molar-refractivity contribution in [2.45, 2.75) is 17.0 Å². The summed E-state index contributed by atoms with van der Waals surface area (Å²) >= 11 is 1.22. The molecule has 0 radical (unpaired) electrons. The zero-order valence-corrected chi connectivity index (χ0v) is 11.3. The zero-order valence-electron chi connectivity index (χ0n) is 10.5. The molecule has 2 aromatic rings. The maximum absolute atomic E-state index is 11.7. The molecule has 5 nitrogen and oxygen atoms in total. The van der Waals surface area contributed by atoms with E-state index in [0.29, 0.717) is 21.4 Å². The van der Waals surface area contributed by atoms with Gasteiger partial charge < -0.3 is 9.72 Å². The molecule has 0 aliphatic carbocycles. The van der Waals surface area contributed by atoms with Gasteiger partial charge in [0.25, 0.3) is 5.56 Å². The molecule has 0 aliphatic rings. The Morgan fingerprint density at radius 2 is 2.16 bits per heavy atom. The van der Waals surface area contributed by atoms with Crippen molar-refractivity contribution >= 4 is 17.5 Å². The van der Waals surface area contributed by atoms with E-state index in [4.69, 9.17) is 4.74 Å². The van der Waals surface area contributed by atoms with Crippen LogP contribution in [0, 0.1) is 0 Å². The molecule has 0 saturated heterocycles. The zero-order chi connectivity index (χ0) is 13.8. The third kappa shape index (κ3) is 3.03. The maximum atomic E-state index is 11.7. The van der Waals surface area contributed by atoms with E-state index in [1.165, 1.54) is 38.1 Å². The van der Waals surface area contributed by atoms with Gasteiger partial charge in [-0.15, -0.1) is 0 Å². The minimum absolute atomic E-state index is 0.0989. The van der Waals surface area contributed by atoms with Gasteiger partial charge in [-0.25, -0.2) is 4.98 Å². The highest BCUT2D eigenvalue weighted by Crippen LogP contribution is 2.33. The summed E-state index contributed by atoms with van der Waals surface area (Å²) in [7, 11) is 1.51. The third-order valence-corrected chi connectivity index (χ3v) is 3.38. The highest BCUT2D eigenvalue weighted by Gasteiger charge is 2.15. The van der Waals surface area contributed by atoms with Crippen molar-refractivity contribution < 1.29 is 9.53 Å². The Hall–Kier alpha value is -2.08. The van der Waals surface area contributed by atoms with E-state index in [9.17, 15) is 9.59 Å². The highest BCUT2D eigenvalue weighted by atomic mass is 32.2. The Bertz CT molecular complexity index is 667. The molecule has 0 fully saturated rings. The number of nitrogens with one attached hydrogen (secondary N) is 1. The first kappa shape index (κ1) is 13.4. The van der Waals surface area contributed by atoms with Gasteiger partial charge in [0.15, 0.2) is 10.9 Å². The van der Waals surface area contributed by atoms with Gasteiger partial charge in [-0.05, 0) is 19.1 Å². The van der Waals surface area contributed by atoms with E-state index in [-0.39, 0.29) is 11.3 Å². The Morgan fingerprint density at radius 1 is 1.37 bits per heavy atom. The van der Waals surface area contributed by atoms with Crippen LogP contribution in [0.15, 0.2) is 45.3 Å². The maximum Gasteiger partial charge on any atom is 0.251 e. The Balaban J connectivity index is 2.45. The van der Waals surface area contributed by atoms with Crippen molar-refractivity contribution in [2.75, 3.05) is 7.11 Å². The number of nitrogens with zero attached hydrogens (tertiary/aromatic N) is 1. The van der Waals surface area contributed by atoms with Crippen molar-refractivity contribution in [1.29, 1.82) is 0 Å². The molecule has 1 aromatic heterocycles. The number of methoxy groups -OCH3 is 1. The molecule has 6 heteroatoms. The summed E-state index contributed by atoms with van der Waals surface area (Å²) in [5.41, 5.74) is 0.256. The predicted molar refractivity (Wildman–Crippen MR) is 72.0 cm³/mol. The molecule has 19 heavy (non-hydrogen) atoms. The first-order valence-electron chi connectivity index (χ1n) is 5.53. The van der Waals surface area contributed by atoms with Crippen molar-refractivity contribution in [3.8, 4) is 5.75 Å². The topological polar surface area (TPSA) is 72.0 Å². The molecule has 0 bridgehead atoms. The lowest BCUT2D eigenvalue weighted by Gasteiger charge is -2.10. The van der Waals surface area contributed by atoms with Crippen LogP contribution < -0.4 is 10.3 Å². The van der Waals surface area contributed by atoms with Gasteiger partial charge in [0.1, 0.15) is 5.75 Å². The predicted octanol–water partition coefficient (Wildman–Crippen LogP) is 2.13. The van der Waals surface area contributed by atoms with Crippen LogP contribution in [0.5, 0.6) is 5.75 Å². The Morgan fingerprint density at radius 3 is 2.79 bits per heavy atom. The second-order valence-corrected chi connectivity index (χ2v) is 4.76. The number of hydrogen-bond acceptors (Lipinski definition) is 5. The number of ether oxygens (including phenoxy) is 1. The van der Waals surface area contributed by atoms with Gasteiger partial charge >= 0.3 is 0 Å². The molecule has 2 rings (SSSR count). The molecule has 0 spiro atoms. The Labute approximate surface area is 114 Å². The van der Waals surface area contributed by atoms with Crippen LogP contribution in [-0.2, 0) is 0 Å². The quantitative estimate of drug-likeness (QED) is 0.684. The molecule has 0 unspecified atom stereocenters. The fraction of sp³-hybridized carbons (Fsp3) is 0.154. The fourth-order valence-corrected chi connectivity index (χ4v) is 2.59. The molecule has 98 valence electrons. The van der Waals surface area contributed by atoms with Crippen LogP contribution in [0.2, 0.25) is 0 Å². The number of benzene rings is 1. The lowest BCUT2D eigenvalue weighted by Crippen LogP contribution is -2.06. The van der Waals surface area contributed by atoms with Crippen molar-refractivity contribution in [3.05, 3.63) is 46.4 Å². The molecule has 0 amide bonds. The lowest BCUT2D eigenvalue weighted by atomic mass is 10.1. The van der Waals surface area contributed by atoms with Gasteiger partial charge in [-0.3, -0.25) is 9.59 Å². The summed E-state index contributed by atoms with van der Waals surface area (Å²) in [6.45, 7) is 1.48. The number of ketones is 1. The molecule has 0 atom stereocenters. The number of H-pyrrole nitrogens is 1. The average Bonchev–Trinajstić information content (AvgIpc) is 2.38. The minimum atomic E-state index is -0.232. The number of carbonyl (C=O) groups excluding carboxylic acids is 1. The van der Waals surface area contributed by atoms with E-state index in [0.717, 1.165) is 0 Å². The van der Waals surface area contributed by atoms with Crippen LogP contribution in [0.25, 0.3) is 0 Å². The van der Waals surface area contributed by atoms with Crippen LogP contribution in [0.4, 0.5) is 0 Å². The summed E-state index contributed by atoms with van der Waals surface area (Å²) < 4.78 is 5.18. The average molecular weight is 276 g/mol. The van der Waals surface area contributed by atoms with E-state index in [1.54, 1.807) is 18.2 Å². The SMILES string of the molecule is COc1cccc(Sc2nccc(=O)[nH]2)c1C(C)=O. The van der Waals surface area contributed by atoms with Crippen molar-refractivity contribution in [1.82, 2.24) is 9.97 Å². The summed E-state index contributed by atoms with van der Waals surface area (Å²) in [4.78, 5) is 30.3. The summed E-state index contributed by atoms with van der Waals surface area (Å²) in [6.07, 6.45) is 1.43. The molecular formula is C13H12N2O3S. The van der Waals surface area contributed by atoms with Gasteiger partial charge in [-0.1, -0.05) is 17.8 Å². The van der Waals surface area contributed by atoms with Crippen LogP contribution in [0.1, 0.15) is 17.3 Å². The minimum Gasteiger partial charge on any atom is -0.496 e. The van der Waals surface area contributed by atoms with E-state index < -0.39 is 0 Å². The largest absolute Gasteiger partial charge is 0.496 e. The summed E-state index contributed by atoms with van der Waals surface area (Å²) in [6, 6.07) is 6.63. The first-order valence-corrected chi connectivity index (χ1v) is 6.34. The molecule has 1 aromatic carbocycles. The Kier molecular flexibility index (Phi) is 4.01. The lowest BCUT2D eigenvalue weighted by molar-refractivity contribution is 0.101. The van der Waals surface area contributed by atoms with E-state index >= 15 is 0 Å². The number of aromatic amines is 1. The number of aromatic nitrogens is 2. The van der Waals surface area contributed by atoms with Gasteiger partial charge in [0, 0.05) is 17.2 Å². The number of rotatable bonds is 4. The molecule has 0 saturated carbocycles. The second kappa shape index (κ2) is 5.71. The van der Waals surface area contributed by atoms with Crippen LogP contribution in [0.3, 0.4) is 0 Å². The number of hydrogen-bond donors (Lipinski definition) is 1. The van der Waals surface area contributed by atoms with E-state index in [2.05, 4.69) is 9.97 Å². The van der Waals surface area contributed by atoms with E-state index in [1.807, 2.05) is 0 Å². The first-order chi connectivity index (χ1) is 9.11. The molecule has 1 heterocycles. The van der Waals surface area contributed by atoms with Crippen molar-refractivity contribution in [2.24, 2.45) is 0 Å². The van der Waals surface area contributed by atoms with Crippen LogP contribution in [-0.4, -0.2) is 22.9 Å². The molecule has 1 N–H and O–H groups in total. The highest BCUT2D eigenvalue weighted by molar-refractivity contribution is 7.99. The number of Topliss-reactive ketones (excluding diaryl/α,β-unsaturated/α-hetero) is 1. The monoisotopic (exact) mass is 276 g/mol. The third-order valence-electron chi connectivity index (χ3n) is 2.41. The number of carbonyl (C=O) groups is 1. The summed E-state index contributed by atoms with van der Waals surface area (Å²) in [5.74, 6) is 0.411. The molecular weight excluding hydrogens is 264 g/mol. The van der Waals surface area contributed by atoms with Gasteiger partial charge in [0.05, 0.1) is 12.7 Å².